The standard InChI is InChI=1S/C16H23NO3/c1-10-14(2,3)11-5-8-15(10,9-11)12(18)17-16(13(19)20)6-4-7-16/h11H,1,4-9H2,2-3H3,(H,17,18)(H,19,20)/t11-,15-/m1/s1. The van der Waals surface area contributed by atoms with Gasteiger partial charge in [-0.15, -0.1) is 0 Å². The van der Waals surface area contributed by atoms with Crippen molar-refractivity contribution in [2.75, 3.05) is 0 Å². The summed E-state index contributed by atoms with van der Waals surface area (Å²) in [6, 6.07) is 0. The van der Waals surface area contributed by atoms with Crippen LogP contribution >= 0.6 is 0 Å². The van der Waals surface area contributed by atoms with Crippen molar-refractivity contribution in [2.24, 2.45) is 16.7 Å². The van der Waals surface area contributed by atoms with Gasteiger partial charge >= 0.3 is 5.97 Å². The normalized spacial score (nSPS) is 36.5. The van der Waals surface area contributed by atoms with Crippen LogP contribution in [-0.4, -0.2) is 22.5 Å². The highest BCUT2D eigenvalue weighted by Gasteiger charge is 2.62. The Kier molecular flexibility index (Phi) is 2.64. The van der Waals surface area contributed by atoms with Crippen molar-refractivity contribution < 1.29 is 14.7 Å². The lowest BCUT2D eigenvalue weighted by atomic mass is 9.67. The minimum absolute atomic E-state index is 0.00834. The summed E-state index contributed by atoms with van der Waals surface area (Å²) in [7, 11) is 0. The number of nitrogens with one attached hydrogen (secondary N) is 1. The first-order chi connectivity index (χ1) is 9.25. The Balaban J connectivity index is 1.85. The van der Waals surface area contributed by atoms with Gasteiger partial charge in [-0.1, -0.05) is 26.0 Å². The van der Waals surface area contributed by atoms with Gasteiger partial charge in [0.2, 0.25) is 5.91 Å². The molecule has 0 aliphatic heterocycles. The maximum Gasteiger partial charge on any atom is 0.329 e. The van der Waals surface area contributed by atoms with E-state index in [2.05, 4.69) is 25.7 Å². The minimum Gasteiger partial charge on any atom is -0.480 e. The van der Waals surface area contributed by atoms with E-state index < -0.39 is 16.9 Å². The highest BCUT2D eigenvalue weighted by molar-refractivity contribution is 5.93. The number of carboxylic acid groups (broad SMARTS) is 1. The van der Waals surface area contributed by atoms with Crippen LogP contribution in [0.25, 0.3) is 0 Å². The van der Waals surface area contributed by atoms with Crippen LogP contribution in [-0.2, 0) is 9.59 Å². The number of rotatable bonds is 3. The number of carboxylic acids is 1. The molecule has 0 saturated heterocycles. The zero-order chi connectivity index (χ0) is 14.8. The highest BCUT2D eigenvalue weighted by Crippen LogP contribution is 2.65. The molecule has 2 atom stereocenters. The second kappa shape index (κ2) is 3.86. The van der Waals surface area contributed by atoms with Gasteiger partial charge in [0, 0.05) is 0 Å². The molecule has 110 valence electrons. The van der Waals surface area contributed by atoms with Gasteiger partial charge in [0.15, 0.2) is 0 Å². The Morgan fingerprint density at radius 3 is 2.35 bits per heavy atom. The summed E-state index contributed by atoms with van der Waals surface area (Å²) in [6.45, 7) is 8.51. The molecule has 1 amide bonds. The van der Waals surface area contributed by atoms with Gasteiger partial charge in [-0.25, -0.2) is 4.79 Å². The lowest BCUT2D eigenvalue weighted by Gasteiger charge is -2.42. The van der Waals surface area contributed by atoms with Crippen LogP contribution in [0, 0.1) is 16.7 Å². The number of fused-ring (bicyclic) bond motifs is 2. The maximum absolute atomic E-state index is 12.8. The van der Waals surface area contributed by atoms with Crippen LogP contribution in [0.3, 0.4) is 0 Å². The quantitative estimate of drug-likeness (QED) is 0.779. The number of carbonyl (C=O) groups excluding carboxylic acids is 1. The fourth-order valence-electron chi connectivity index (χ4n) is 4.40. The molecule has 0 radical (unpaired) electrons. The topological polar surface area (TPSA) is 66.4 Å². The van der Waals surface area contributed by atoms with Crippen LogP contribution < -0.4 is 5.32 Å². The molecular weight excluding hydrogens is 254 g/mol. The molecule has 4 heteroatoms. The van der Waals surface area contributed by atoms with Crippen LogP contribution in [0.4, 0.5) is 0 Å². The predicted molar refractivity (Wildman–Crippen MR) is 75.1 cm³/mol. The van der Waals surface area contributed by atoms with E-state index in [9.17, 15) is 14.7 Å². The molecular formula is C16H23NO3. The van der Waals surface area contributed by atoms with Gasteiger partial charge < -0.3 is 10.4 Å². The third kappa shape index (κ3) is 1.48. The molecule has 4 nitrogen and oxygen atoms in total. The molecule has 0 heterocycles. The zero-order valence-electron chi connectivity index (χ0n) is 12.3. The van der Waals surface area contributed by atoms with Gasteiger partial charge in [0.1, 0.15) is 5.54 Å². The van der Waals surface area contributed by atoms with Crippen LogP contribution in [0.5, 0.6) is 0 Å². The Morgan fingerprint density at radius 1 is 1.30 bits per heavy atom. The Labute approximate surface area is 119 Å². The molecule has 2 N–H and O–H groups in total. The fourth-order valence-corrected chi connectivity index (χ4v) is 4.40. The summed E-state index contributed by atoms with van der Waals surface area (Å²) >= 11 is 0. The molecule has 20 heavy (non-hydrogen) atoms. The Hall–Kier alpha value is -1.32. The van der Waals surface area contributed by atoms with Crippen molar-refractivity contribution >= 4 is 11.9 Å². The number of hydrogen-bond donors (Lipinski definition) is 2. The summed E-state index contributed by atoms with van der Waals surface area (Å²) in [4.78, 5) is 24.2. The van der Waals surface area contributed by atoms with E-state index in [4.69, 9.17) is 0 Å². The van der Waals surface area contributed by atoms with Crippen molar-refractivity contribution in [1.29, 1.82) is 0 Å². The second-order valence-corrected chi connectivity index (χ2v) is 7.42. The molecule has 0 aromatic carbocycles. The summed E-state index contributed by atoms with van der Waals surface area (Å²) < 4.78 is 0. The summed E-state index contributed by atoms with van der Waals surface area (Å²) in [5.74, 6) is -0.494. The van der Waals surface area contributed by atoms with E-state index >= 15 is 0 Å². The number of amides is 1. The predicted octanol–water partition coefficient (Wildman–Crippen LogP) is 2.49. The molecule has 3 aliphatic carbocycles. The van der Waals surface area contributed by atoms with E-state index in [0.717, 1.165) is 31.3 Å². The first-order valence-electron chi connectivity index (χ1n) is 7.50. The van der Waals surface area contributed by atoms with Crippen LogP contribution in [0.2, 0.25) is 0 Å². The number of aliphatic carboxylic acids is 1. The van der Waals surface area contributed by atoms with Crippen molar-refractivity contribution in [1.82, 2.24) is 5.32 Å². The largest absolute Gasteiger partial charge is 0.480 e. The minimum atomic E-state index is -1.02. The van der Waals surface area contributed by atoms with Crippen LogP contribution in [0.1, 0.15) is 52.4 Å². The molecule has 0 aromatic heterocycles. The van der Waals surface area contributed by atoms with Crippen LogP contribution in [0.15, 0.2) is 12.2 Å². The van der Waals surface area contributed by atoms with Crippen molar-refractivity contribution in [3.8, 4) is 0 Å². The Bertz CT molecular complexity index is 504. The van der Waals surface area contributed by atoms with Gasteiger partial charge in [-0.3, -0.25) is 4.79 Å². The molecule has 3 fully saturated rings. The Morgan fingerprint density at radius 2 is 1.95 bits per heavy atom. The van der Waals surface area contributed by atoms with E-state index in [0.29, 0.717) is 18.8 Å². The average molecular weight is 277 g/mol. The second-order valence-electron chi connectivity index (χ2n) is 7.42. The first kappa shape index (κ1) is 13.7. The van der Waals surface area contributed by atoms with E-state index in [1.807, 2.05) is 0 Å². The summed E-state index contributed by atoms with van der Waals surface area (Å²) in [5, 5.41) is 12.2. The third-order valence-corrected chi connectivity index (χ3v) is 6.29. The smallest absolute Gasteiger partial charge is 0.329 e. The van der Waals surface area contributed by atoms with E-state index in [-0.39, 0.29) is 11.3 Å². The molecule has 3 saturated carbocycles. The molecule has 0 unspecified atom stereocenters. The summed E-state index contributed by atoms with van der Waals surface area (Å²) in [5.41, 5.74) is -0.548. The monoisotopic (exact) mass is 277 g/mol. The average Bonchev–Trinajstić information content (AvgIpc) is 2.84. The maximum atomic E-state index is 12.8. The van der Waals surface area contributed by atoms with Crippen molar-refractivity contribution in [3.05, 3.63) is 12.2 Å². The lowest BCUT2D eigenvalue weighted by Crippen LogP contribution is -2.61. The van der Waals surface area contributed by atoms with Gasteiger partial charge in [0.25, 0.3) is 0 Å². The molecule has 0 spiro atoms. The molecule has 3 aliphatic rings. The van der Waals surface area contributed by atoms with Gasteiger partial charge in [0.05, 0.1) is 5.41 Å². The van der Waals surface area contributed by atoms with Gasteiger partial charge in [-0.05, 0) is 49.9 Å². The fraction of sp³-hybridized carbons (Fsp3) is 0.750. The molecule has 3 rings (SSSR count). The molecule has 2 bridgehead atoms. The van der Waals surface area contributed by atoms with E-state index in [1.54, 1.807) is 0 Å². The number of carbonyl (C=O) groups is 2. The summed E-state index contributed by atoms with van der Waals surface area (Å²) in [6.07, 6.45) is 4.66. The first-order valence-corrected chi connectivity index (χ1v) is 7.50. The lowest BCUT2D eigenvalue weighted by molar-refractivity contribution is -0.153. The zero-order valence-corrected chi connectivity index (χ0v) is 12.3. The van der Waals surface area contributed by atoms with E-state index in [1.165, 1.54) is 0 Å². The highest BCUT2D eigenvalue weighted by atomic mass is 16.4. The van der Waals surface area contributed by atoms with Gasteiger partial charge in [-0.2, -0.15) is 0 Å². The third-order valence-electron chi connectivity index (χ3n) is 6.29. The molecule has 0 aromatic rings. The van der Waals surface area contributed by atoms with Crippen molar-refractivity contribution in [3.63, 3.8) is 0 Å². The number of hydrogen-bond acceptors (Lipinski definition) is 2. The SMILES string of the molecule is C=C1C(C)(C)[C@@H]2CC[C@@]1(C(=O)NC1(C(=O)O)CCC1)C2. The van der Waals surface area contributed by atoms with Crippen molar-refractivity contribution in [2.45, 2.75) is 57.9 Å².